The molecule has 1 aliphatic heterocycles. The molecule has 3 amide bonds. The zero-order chi connectivity index (χ0) is 21.5. The quantitative estimate of drug-likeness (QED) is 0.375. The largest absolute Gasteiger partial charge is 0.497 e. The molecule has 0 radical (unpaired) electrons. The summed E-state index contributed by atoms with van der Waals surface area (Å²) in [6, 6.07) is 6.94. The summed E-state index contributed by atoms with van der Waals surface area (Å²) in [5, 5.41) is 25.3. The molecular weight excluding hydrogens is 394 g/mol. The number of carbonyl (C=O) groups excluding carboxylic acids is 2. The number of methoxy groups -OCH3 is 1. The van der Waals surface area contributed by atoms with Crippen molar-refractivity contribution in [1.82, 2.24) is 15.2 Å². The number of aromatic nitrogens is 1. The first-order chi connectivity index (χ1) is 14.3. The summed E-state index contributed by atoms with van der Waals surface area (Å²) in [5.74, 6) is 3.36. The van der Waals surface area contributed by atoms with Gasteiger partial charge in [0.2, 0.25) is 11.3 Å². The Labute approximate surface area is 169 Å². The SMILES string of the molecule is COc1ccc2cn(C[C@@]3(C#Cc4ccc(C(=O)O)o4)NC(=O)NC3=O)c(O)c2c1. The number of carbonyl (C=O) groups is 3. The van der Waals surface area contributed by atoms with E-state index in [2.05, 4.69) is 22.5 Å². The number of rotatable bonds is 4. The highest BCUT2D eigenvalue weighted by atomic mass is 16.5. The topological polar surface area (TPSA) is 143 Å². The third kappa shape index (κ3) is 3.18. The third-order valence-corrected chi connectivity index (χ3v) is 4.63. The molecule has 30 heavy (non-hydrogen) atoms. The van der Waals surface area contributed by atoms with Crippen LogP contribution in [0.15, 0.2) is 40.9 Å². The summed E-state index contributed by atoms with van der Waals surface area (Å²) in [5.41, 5.74) is -1.70. The fourth-order valence-corrected chi connectivity index (χ4v) is 3.15. The second-order valence-corrected chi connectivity index (χ2v) is 6.57. The van der Waals surface area contributed by atoms with Gasteiger partial charge in [0.05, 0.1) is 13.7 Å². The van der Waals surface area contributed by atoms with Gasteiger partial charge in [-0.05, 0) is 36.3 Å². The number of fused-ring (bicyclic) bond motifs is 1. The molecule has 2 aromatic heterocycles. The summed E-state index contributed by atoms with van der Waals surface area (Å²) < 4.78 is 11.6. The van der Waals surface area contributed by atoms with Crippen molar-refractivity contribution in [3.63, 3.8) is 0 Å². The van der Waals surface area contributed by atoms with Crippen molar-refractivity contribution in [2.75, 3.05) is 7.11 Å². The van der Waals surface area contributed by atoms with E-state index in [1.165, 1.54) is 23.8 Å². The fourth-order valence-electron chi connectivity index (χ4n) is 3.15. The molecular formula is C20H15N3O7. The van der Waals surface area contributed by atoms with Gasteiger partial charge in [-0.3, -0.25) is 10.1 Å². The van der Waals surface area contributed by atoms with Crippen LogP contribution < -0.4 is 15.4 Å². The number of benzene rings is 1. The van der Waals surface area contributed by atoms with E-state index in [1.807, 2.05) is 0 Å². The van der Waals surface area contributed by atoms with Gasteiger partial charge < -0.3 is 29.3 Å². The van der Waals surface area contributed by atoms with Crippen LogP contribution in [0, 0.1) is 11.8 Å². The maximum absolute atomic E-state index is 12.5. The van der Waals surface area contributed by atoms with Crippen molar-refractivity contribution in [1.29, 1.82) is 0 Å². The molecule has 1 aromatic carbocycles. The minimum absolute atomic E-state index is 0.00681. The zero-order valence-corrected chi connectivity index (χ0v) is 15.6. The fraction of sp³-hybridized carbons (Fsp3) is 0.150. The van der Waals surface area contributed by atoms with Crippen LogP contribution in [-0.2, 0) is 11.3 Å². The predicted molar refractivity (Wildman–Crippen MR) is 102 cm³/mol. The molecule has 1 atom stereocenters. The van der Waals surface area contributed by atoms with E-state index < -0.39 is 23.4 Å². The summed E-state index contributed by atoms with van der Waals surface area (Å²) in [6.45, 7) is -0.201. The van der Waals surface area contributed by atoms with Crippen molar-refractivity contribution in [3.05, 3.63) is 48.0 Å². The number of hydrogen-bond acceptors (Lipinski definition) is 6. The highest BCUT2D eigenvalue weighted by Crippen LogP contribution is 2.32. The number of furan rings is 1. The maximum Gasteiger partial charge on any atom is 0.371 e. The summed E-state index contributed by atoms with van der Waals surface area (Å²) in [7, 11) is 1.50. The number of urea groups is 1. The highest BCUT2D eigenvalue weighted by Gasteiger charge is 2.46. The van der Waals surface area contributed by atoms with Crippen molar-refractivity contribution in [3.8, 4) is 23.5 Å². The smallest absolute Gasteiger partial charge is 0.371 e. The molecule has 1 fully saturated rings. The minimum Gasteiger partial charge on any atom is -0.497 e. The summed E-state index contributed by atoms with van der Waals surface area (Å²) >= 11 is 0. The molecule has 0 bridgehead atoms. The molecule has 0 spiro atoms. The van der Waals surface area contributed by atoms with Crippen LogP contribution in [0.1, 0.15) is 16.3 Å². The predicted octanol–water partition coefficient (Wildman–Crippen LogP) is 1.28. The lowest BCUT2D eigenvalue weighted by Gasteiger charge is -2.20. The van der Waals surface area contributed by atoms with Crippen molar-refractivity contribution in [2.24, 2.45) is 0 Å². The lowest BCUT2D eigenvalue weighted by molar-refractivity contribution is -0.122. The molecule has 4 rings (SSSR count). The monoisotopic (exact) mass is 409 g/mol. The molecule has 152 valence electrons. The number of nitrogens with one attached hydrogen (secondary N) is 2. The number of carboxylic acid groups (broad SMARTS) is 1. The Kier molecular flexibility index (Phi) is 4.35. The maximum atomic E-state index is 12.5. The van der Waals surface area contributed by atoms with E-state index >= 15 is 0 Å². The van der Waals surface area contributed by atoms with E-state index in [4.69, 9.17) is 14.3 Å². The third-order valence-electron chi connectivity index (χ3n) is 4.63. The normalized spacial score (nSPS) is 17.9. The van der Waals surface area contributed by atoms with Crippen LogP contribution in [0.4, 0.5) is 4.79 Å². The Bertz CT molecular complexity index is 1260. The van der Waals surface area contributed by atoms with E-state index in [1.54, 1.807) is 24.4 Å². The lowest BCUT2D eigenvalue weighted by Crippen LogP contribution is -2.49. The van der Waals surface area contributed by atoms with Gasteiger partial charge in [-0.1, -0.05) is 5.92 Å². The second-order valence-electron chi connectivity index (χ2n) is 6.57. The van der Waals surface area contributed by atoms with Crippen molar-refractivity contribution >= 4 is 28.7 Å². The lowest BCUT2D eigenvalue weighted by atomic mass is 10.0. The van der Waals surface area contributed by atoms with E-state index in [-0.39, 0.29) is 23.9 Å². The Morgan fingerprint density at radius 2 is 2.10 bits per heavy atom. The number of nitrogens with zero attached hydrogens (tertiary/aromatic N) is 1. The number of imide groups is 1. The molecule has 1 aliphatic rings. The molecule has 10 heteroatoms. The van der Waals surface area contributed by atoms with Crippen LogP contribution in [-0.4, -0.2) is 45.3 Å². The van der Waals surface area contributed by atoms with Gasteiger partial charge in [0.15, 0.2) is 11.6 Å². The number of aromatic carboxylic acids is 1. The molecule has 3 heterocycles. The average molecular weight is 409 g/mol. The van der Waals surface area contributed by atoms with Crippen LogP contribution in [0.3, 0.4) is 0 Å². The van der Waals surface area contributed by atoms with E-state index in [0.29, 0.717) is 16.5 Å². The van der Waals surface area contributed by atoms with E-state index in [9.17, 15) is 19.5 Å². The Balaban J connectivity index is 1.74. The van der Waals surface area contributed by atoms with Gasteiger partial charge >= 0.3 is 12.0 Å². The van der Waals surface area contributed by atoms with Crippen LogP contribution >= 0.6 is 0 Å². The number of ether oxygens (including phenoxy) is 1. The van der Waals surface area contributed by atoms with Gasteiger partial charge in [0, 0.05) is 17.0 Å². The summed E-state index contributed by atoms with van der Waals surface area (Å²) in [6.07, 6.45) is 1.61. The Hall–Kier alpha value is -4.39. The van der Waals surface area contributed by atoms with Gasteiger partial charge in [0.25, 0.3) is 5.91 Å². The highest BCUT2D eigenvalue weighted by molar-refractivity contribution is 6.09. The first-order valence-corrected chi connectivity index (χ1v) is 8.67. The van der Waals surface area contributed by atoms with Gasteiger partial charge in [0.1, 0.15) is 5.75 Å². The van der Waals surface area contributed by atoms with Crippen molar-refractivity contribution < 1.29 is 33.8 Å². The molecule has 4 N–H and O–H groups in total. The molecule has 3 aromatic rings. The number of carboxylic acids is 1. The summed E-state index contributed by atoms with van der Waals surface area (Å²) in [4.78, 5) is 35.3. The van der Waals surface area contributed by atoms with Gasteiger partial charge in [-0.25, -0.2) is 9.59 Å². The Morgan fingerprint density at radius 1 is 1.30 bits per heavy atom. The molecule has 10 nitrogen and oxygen atoms in total. The zero-order valence-electron chi connectivity index (χ0n) is 15.6. The number of amides is 3. The number of aromatic hydroxyl groups is 1. The first-order valence-electron chi connectivity index (χ1n) is 8.67. The van der Waals surface area contributed by atoms with Crippen molar-refractivity contribution in [2.45, 2.75) is 12.1 Å². The molecule has 0 saturated carbocycles. The molecule has 0 aliphatic carbocycles. The first kappa shape index (κ1) is 18.9. The molecule has 1 saturated heterocycles. The van der Waals surface area contributed by atoms with Crippen LogP contribution in [0.25, 0.3) is 10.8 Å². The van der Waals surface area contributed by atoms with Crippen LogP contribution in [0.2, 0.25) is 0 Å². The average Bonchev–Trinajstić information content (AvgIpc) is 3.38. The van der Waals surface area contributed by atoms with Crippen LogP contribution in [0.5, 0.6) is 11.6 Å². The standard InChI is InChI=1S/C20H15N3O7/c1-29-13-3-2-11-9-23(16(24)14(11)8-13)10-20(18(27)21-19(28)22-20)7-6-12-4-5-15(30-12)17(25)26/h2-5,8-9,24H,10H2,1H3,(H,25,26)(H2,21,22,27,28)/t20-/m1/s1. The van der Waals surface area contributed by atoms with Gasteiger partial charge in [-0.15, -0.1) is 0 Å². The van der Waals surface area contributed by atoms with Gasteiger partial charge in [-0.2, -0.15) is 0 Å². The molecule has 0 unspecified atom stereocenters. The van der Waals surface area contributed by atoms with E-state index in [0.717, 1.165) is 0 Å². The minimum atomic E-state index is -1.70. The Morgan fingerprint density at radius 3 is 2.73 bits per heavy atom. The number of hydrogen-bond donors (Lipinski definition) is 4. The second kappa shape index (κ2) is 6.89.